The number of unbranched alkanes of at least 4 members (excludes halogenated alkanes) is 1. The Morgan fingerprint density at radius 2 is 1.08 bits per heavy atom. The van der Waals surface area contributed by atoms with Gasteiger partial charge in [-0.15, -0.1) is 0 Å². The van der Waals surface area contributed by atoms with Crippen molar-refractivity contribution >= 4 is 0 Å². The van der Waals surface area contributed by atoms with Gasteiger partial charge in [0, 0.05) is 17.1 Å². The van der Waals surface area contributed by atoms with E-state index in [9.17, 15) is 0 Å². The van der Waals surface area contributed by atoms with Gasteiger partial charge in [0.05, 0.1) is 0 Å². The Labute approximate surface area is 127 Å². The number of hydrogen-bond donors (Lipinski definition) is 0. The SMILES string of the molecule is [C-]#[O+].[C-]#[O+].[C-]#[O+].[CH2][CH][CH]C.[Fe].[K+]. The standard InChI is InChI=1S/C4H7.3CO.Fe.K/c1-3-4-2;3*1-2;;/h3-4H,1H2,2H3;;;;;/q;;;;;+1. The minimum Gasteiger partial charge on any atom is -0.0620 e. The first-order valence-corrected chi connectivity index (χ1v) is 1.93. The Bertz CT molecular complexity index is 64.2. The van der Waals surface area contributed by atoms with Gasteiger partial charge in [-0.2, -0.15) is 0 Å². The molecule has 0 aliphatic rings. The second kappa shape index (κ2) is 141. The van der Waals surface area contributed by atoms with E-state index in [1.54, 1.807) is 6.42 Å². The molecular weight excluding hydrogens is 227 g/mol. The quantitative estimate of drug-likeness (QED) is 0.290. The third-order valence-electron chi connectivity index (χ3n) is 0.236. The average molecular weight is 234 g/mol. The Morgan fingerprint density at radius 1 is 1.00 bits per heavy atom. The third kappa shape index (κ3) is 217. The van der Waals surface area contributed by atoms with Crippen molar-refractivity contribution in [3.8, 4) is 0 Å². The van der Waals surface area contributed by atoms with E-state index in [2.05, 4.69) is 26.9 Å². The third-order valence-corrected chi connectivity index (χ3v) is 0.236. The minimum absolute atomic E-state index is 0. The van der Waals surface area contributed by atoms with Crippen LogP contribution in [0.5, 0.6) is 0 Å². The molecule has 0 unspecified atom stereocenters. The van der Waals surface area contributed by atoms with Crippen molar-refractivity contribution in [2.75, 3.05) is 0 Å². The maximum absolute atomic E-state index is 7.50. The Hall–Kier alpha value is 1.38. The van der Waals surface area contributed by atoms with Crippen LogP contribution in [0.2, 0.25) is 0 Å². The van der Waals surface area contributed by atoms with Crippen molar-refractivity contribution in [3.63, 3.8) is 0 Å². The van der Waals surface area contributed by atoms with Gasteiger partial charge in [-0.05, 0) is 19.8 Å². The molecule has 0 saturated heterocycles. The molecule has 0 spiro atoms. The van der Waals surface area contributed by atoms with Crippen LogP contribution in [0.25, 0.3) is 0 Å². The molecular formula is C7H7FeKO3+. The zero-order valence-corrected chi connectivity index (χ0v) is 11.2. The summed E-state index contributed by atoms with van der Waals surface area (Å²) < 4.78 is 22.5. The summed E-state index contributed by atoms with van der Waals surface area (Å²) in [7, 11) is 0. The van der Waals surface area contributed by atoms with Gasteiger partial charge in [0.15, 0.2) is 0 Å². The summed E-state index contributed by atoms with van der Waals surface area (Å²) in [5.74, 6) is 0. The van der Waals surface area contributed by atoms with Gasteiger partial charge in [-0.25, -0.2) is 0 Å². The largest absolute Gasteiger partial charge is 1.00 e. The fourth-order valence-electron chi connectivity index (χ4n) is 0. The molecule has 0 N–H and O–H groups in total. The van der Waals surface area contributed by atoms with E-state index in [-0.39, 0.29) is 68.5 Å². The molecule has 0 saturated carbocycles. The summed E-state index contributed by atoms with van der Waals surface area (Å²) in [6.45, 7) is 18.9. The van der Waals surface area contributed by atoms with Gasteiger partial charge in [0.1, 0.15) is 0 Å². The molecule has 0 aliphatic carbocycles. The maximum atomic E-state index is 7.50. The van der Waals surface area contributed by atoms with E-state index >= 15 is 0 Å². The second-order valence-electron chi connectivity index (χ2n) is 0.569. The van der Waals surface area contributed by atoms with E-state index in [1.165, 1.54) is 0 Å². The van der Waals surface area contributed by atoms with Crippen molar-refractivity contribution in [3.05, 3.63) is 39.7 Å². The molecule has 0 aromatic rings. The van der Waals surface area contributed by atoms with Crippen LogP contribution in [0.1, 0.15) is 6.92 Å². The smallest absolute Gasteiger partial charge is 0.0620 e. The van der Waals surface area contributed by atoms with Gasteiger partial charge < -0.3 is 0 Å². The van der Waals surface area contributed by atoms with Crippen LogP contribution in [0.3, 0.4) is 0 Å². The van der Waals surface area contributed by atoms with E-state index in [4.69, 9.17) is 14.0 Å². The molecule has 0 fully saturated rings. The molecule has 0 aliphatic heterocycles. The molecule has 0 atom stereocenters. The Balaban J connectivity index is -0.0000000101. The second-order valence-corrected chi connectivity index (χ2v) is 0.569. The van der Waals surface area contributed by atoms with Gasteiger partial charge in [-0.1, -0.05) is 6.92 Å². The molecule has 61 valence electrons. The molecule has 0 aromatic heterocycles. The van der Waals surface area contributed by atoms with Crippen LogP contribution in [0.15, 0.2) is 0 Å². The van der Waals surface area contributed by atoms with Crippen LogP contribution < -0.4 is 51.4 Å². The van der Waals surface area contributed by atoms with Crippen LogP contribution in [0, 0.1) is 39.7 Å². The van der Waals surface area contributed by atoms with E-state index in [0.717, 1.165) is 0 Å². The van der Waals surface area contributed by atoms with Gasteiger partial charge in [0.25, 0.3) is 0 Å². The molecule has 3 radical (unpaired) electrons. The first-order valence-electron chi connectivity index (χ1n) is 1.93. The monoisotopic (exact) mass is 234 g/mol. The normalized spacial score (nSPS) is 3.00. The summed E-state index contributed by atoms with van der Waals surface area (Å²) >= 11 is 0. The first-order chi connectivity index (χ1) is 4.91. The Morgan fingerprint density at radius 3 is 1.08 bits per heavy atom. The summed E-state index contributed by atoms with van der Waals surface area (Å²) in [5, 5.41) is 0. The van der Waals surface area contributed by atoms with Gasteiger partial charge in [-0.3, -0.25) is 0 Å². The molecule has 0 rings (SSSR count). The molecule has 5 heteroatoms. The van der Waals surface area contributed by atoms with Crippen molar-refractivity contribution < 1.29 is 82.4 Å². The average Bonchev–Trinajstić information content (AvgIpc) is 2.14. The number of rotatable bonds is 1. The molecule has 0 bridgehead atoms. The van der Waals surface area contributed by atoms with E-state index in [1.807, 2.05) is 13.3 Å². The van der Waals surface area contributed by atoms with Crippen LogP contribution in [0.4, 0.5) is 0 Å². The summed E-state index contributed by atoms with van der Waals surface area (Å²) in [4.78, 5) is 0. The molecule has 0 amide bonds. The summed E-state index contributed by atoms with van der Waals surface area (Å²) in [6.07, 6.45) is 3.64. The van der Waals surface area contributed by atoms with E-state index in [0.29, 0.717) is 0 Å². The topological polar surface area (TPSA) is 59.7 Å². The van der Waals surface area contributed by atoms with Gasteiger partial charge in [0.2, 0.25) is 0 Å². The fourth-order valence-corrected chi connectivity index (χ4v) is 0. The molecule has 0 aromatic carbocycles. The fraction of sp³-hybridized carbons (Fsp3) is 0.143. The Kier molecular flexibility index (Phi) is 441. The van der Waals surface area contributed by atoms with Crippen LogP contribution in [-0.2, 0) is 31.0 Å². The zero-order chi connectivity index (χ0) is 9.41. The minimum atomic E-state index is 0. The van der Waals surface area contributed by atoms with Crippen LogP contribution in [-0.4, -0.2) is 0 Å². The van der Waals surface area contributed by atoms with Crippen LogP contribution >= 0.6 is 0 Å². The van der Waals surface area contributed by atoms with Gasteiger partial charge >= 0.3 is 85.3 Å². The maximum Gasteiger partial charge on any atom is 1.00 e. The summed E-state index contributed by atoms with van der Waals surface area (Å²) in [6, 6.07) is 0. The summed E-state index contributed by atoms with van der Waals surface area (Å²) in [5.41, 5.74) is 0. The predicted molar refractivity (Wildman–Crippen MR) is 31.4 cm³/mol. The number of hydrogen-bond acceptors (Lipinski definition) is 0. The zero-order valence-electron chi connectivity index (χ0n) is 6.94. The van der Waals surface area contributed by atoms with Crippen molar-refractivity contribution in [2.45, 2.75) is 6.92 Å². The predicted octanol–water partition coefficient (Wildman–Crippen LogP) is -1.86. The first kappa shape index (κ1) is 37.7. The van der Waals surface area contributed by atoms with Crippen molar-refractivity contribution in [1.29, 1.82) is 0 Å². The van der Waals surface area contributed by atoms with Crippen molar-refractivity contribution in [2.24, 2.45) is 0 Å². The molecule has 3 nitrogen and oxygen atoms in total. The van der Waals surface area contributed by atoms with Crippen molar-refractivity contribution in [1.82, 2.24) is 0 Å². The molecule has 0 heterocycles. The molecule has 12 heavy (non-hydrogen) atoms. The van der Waals surface area contributed by atoms with E-state index < -0.39 is 0 Å².